The fourth-order valence-electron chi connectivity index (χ4n) is 3.90. The number of anilines is 1. The number of carbonyl (C=O) groups is 1. The smallest absolute Gasteiger partial charge is 0.434 e. The minimum absolute atomic E-state index is 0.0325. The summed E-state index contributed by atoms with van der Waals surface area (Å²) in [6.07, 6.45) is 1.15. The van der Waals surface area contributed by atoms with Crippen molar-refractivity contribution < 1.29 is 22.7 Å². The van der Waals surface area contributed by atoms with Gasteiger partial charge in [0.1, 0.15) is 11.5 Å². The Labute approximate surface area is 183 Å². The van der Waals surface area contributed by atoms with Gasteiger partial charge in [0.15, 0.2) is 5.69 Å². The van der Waals surface area contributed by atoms with Crippen LogP contribution in [-0.4, -0.2) is 39.0 Å². The SMILES string of the molecule is CCOc1cc(C(=O)N[C@H]2CC[C@@H](Nc3cccc4nc(C(F)(F)F)cn34)CC2)ccn1. The molecule has 0 saturated heterocycles. The van der Waals surface area contributed by atoms with Gasteiger partial charge in [-0.2, -0.15) is 13.2 Å². The van der Waals surface area contributed by atoms with E-state index in [0.29, 0.717) is 23.9 Å². The van der Waals surface area contributed by atoms with Crippen LogP contribution in [0.5, 0.6) is 5.88 Å². The van der Waals surface area contributed by atoms with Crippen LogP contribution in [0.25, 0.3) is 5.65 Å². The second kappa shape index (κ2) is 9.05. The lowest BCUT2D eigenvalue weighted by Gasteiger charge is -2.30. The van der Waals surface area contributed by atoms with E-state index in [4.69, 9.17) is 4.74 Å². The largest absolute Gasteiger partial charge is 0.478 e. The molecule has 1 aliphatic carbocycles. The van der Waals surface area contributed by atoms with Crippen LogP contribution in [-0.2, 0) is 6.18 Å². The highest BCUT2D eigenvalue weighted by molar-refractivity contribution is 5.94. The molecule has 3 aromatic heterocycles. The molecule has 1 aliphatic rings. The van der Waals surface area contributed by atoms with E-state index in [1.54, 1.807) is 36.5 Å². The molecule has 1 amide bonds. The predicted molar refractivity (Wildman–Crippen MR) is 113 cm³/mol. The molecular weight excluding hydrogens is 423 g/mol. The van der Waals surface area contributed by atoms with Gasteiger partial charge in [0.25, 0.3) is 5.91 Å². The van der Waals surface area contributed by atoms with E-state index in [0.717, 1.165) is 31.9 Å². The van der Waals surface area contributed by atoms with Crippen LogP contribution in [0.1, 0.15) is 48.7 Å². The Balaban J connectivity index is 1.35. The average Bonchev–Trinajstić information content (AvgIpc) is 3.22. The van der Waals surface area contributed by atoms with Crippen molar-refractivity contribution in [3.05, 3.63) is 54.0 Å². The molecule has 170 valence electrons. The molecule has 0 atom stereocenters. The number of hydrogen-bond donors (Lipinski definition) is 2. The quantitative estimate of drug-likeness (QED) is 0.589. The third-order valence-corrected chi connectivity index (χ3v) is 5.49. The highest BCUT2D eigenvalue weighted by Crippen LogP contribution is 2.30. The first kappa shape index (κ1) is 21.9. The van der Waals surface area contributed by atoms with Gasteiger partial charge in [-0.15, -0.1) is 0 Å². The molecule has 1 saturated carbocycles. The number of nitrogens with zero attached hydrogens (tertiary/aromatic N) is 3. The van der Waals surface area contributed by atoms with E-state index < -0.39 is 11.9 Å². The maximum absolute atomic E-state index is 13.0. The summed E-state index contributed by atoms with van der Waals surface area (Å²) in [4.78, 5) is 20.3. The van der Waals surface area contributed by atoms with E-state index in [2.05, 4.69) is 20.6 Å². The lowest BCUT2D eigenvalue weighted by molar-refractivity contribution is -0.140. The zero-order valence-electron chi connectivity index (χ0n) is 17.5. The van der Waals surface area contributed by atoms with Gasteiger partial charge in [-0.1, -0.05) is 6.07 Å². The Hall–Kier alpha value is -3.30. The van der Waals surface area contributed by atoms with Crippen LogP contribution >= 0.6 is 0 Å². The topological polar surface area (TPSA) is 80.5 Å². The average molecular weight is 447 g/mol. The number of aromatic nitrogens is 3. The maximum Gasteiger partial charge on any atom is 0.434 e. The molecule has 0 aromatic carbocycles. The van der Waals surface area contributed by atoms with Crippen molar-refractivity contribution >= 4 is 17.4 Å². The number of fused-ring (bicyclic) bond motifs is 1. The summed E-state index contributed by atoms with van der Waals surface area (Å²) < 4.78 is 45.8. The lowest BCUT2D eigenvalue weighted by Crippen LogP contribution is -2.40. The van der Waals surface area contributed by atoms with Gasteiger partial charge in [0.05, 0.1) is 6.61 Å². The molecule has 7 nitrogen and oxygen atoms in total. The third kappa shape index (κ3) is 4.95. The predicted octanol–water partition coefficient (Wildman–Crippen LogP) is 4.30. The molecule has 2 N–H and O–H groups in total. The van der Waals surface area contributed by atoms with E-state index in [-0.39, 0.29) is 23.6 Å². The Bertz CT molecular complexity index is 1090. The van der Waals surface area contributed by atoms with E-state index in [1.165, 1.54) is 4.40 Å². The fourth-order valence-corrected chi connectivity index (χ4v) is 3.90. The van der Waals surface area contributed by atoms with Crippen molar-refractivity contribution in [2.45, 2.75) is 50.9 Å². The van der Waals surface area contributed by atoms with Gasteiger partial charge < -0.3 is 15.4 Å². The normalized spacial score (nSPS) is 19.0. The van der Waals surface area contributed by atoms with Crippen LogP contribution in [0.4, 0.5) is 19.0 Å². The summed E-state index contributed by atoms with van der Waals surface area (Å²) >= 11 is 0. The molecule has 3 aromatic rings. The maximum atomic E-state index is 13.0. The second-order valence-corrected chi connectivity index (χ2v) is 7.75. The number of nitrogens with one attached hydrogen (secondary N) is 2. The molecule has 3 heterocycles. The first-order valence-electron chi connectivity index (χ1n) is 10.5. The zero-order valence-corrected chi connectivity index (χ0v) is 17.5. The van der Waals surface area contributed by atoms with Gasteiger partial charge in [0.2, 0.25) is 5.88 Å². The lowest BCUT2D eigenvalue weighted by atomic mass is 9.91. The summed E-state index contributed by atoms with van der Waals surface area (Å²) in [5.74, 6) is 0.807. The van der Waals surface area contributed by atoms with Gasteiger partial charge in [-0.3, -0.25) is 9.20 Å². The molecule has 0 unspecified atom stereocenters. The first-order valence-corrected chi connectivity index (χ1v) is 10.5. The molecule has 4 rings (SSSR count). The number of pyridine rings is 2. The summed E-state index contributed by atoms with van der Waals surface area (Å²) in [5, 5.41) is 6.38. The number of rotatable bonds is 6. The van der Waals surface area contributed by atoms with E-state index in [1.807, 2.05) is 6.92 Å². The van der Waals surface area contributed by atoms with Gasteiger partial charge in [-0.05, 0) is 50.8 Å². The van der Waals surface area contributed by atoms with Crippen molar-refractivity contribution in [3.63, 3.8) is 0 Å². The summed E-state index contributed by atoms with van der Waals surface area (Å²) in [5.41, 5.74) is -0.176. The summed E-state index contributed by atoms with van der Waals surface area (Å²) in [6.45, 7) is 2.32. The Morgan fingerprint density at radius 3 is 2.66 bits per heavy atom. The Morgan fingerprint density at radius 2 is 1.94 bits per heavy atom. The minimum Gasteiger partial charge on any atom is -0.478 e. The minimum atomic E-state index is -4.49. The highest BCUT2D eigenvalue weighted by Gasteiger charge is 2.34. The molecule has 0 bridgehead atoms. The first-order chi connectivity index (χ1) is 15.3. The van der Waals surface area contributed by atoms with Gasteiger partial charge in [0, 0.05) is 36.1 Å². The monoisotopic (exact) mass is 447 g/mol. The van der Waals surface area contributed by atoms with Crippen LogP contribution in [0.3, 0.4) is 0 Å². The Kier molecular flexibility index (Phi) is 6.20. The highest BCUT2D eigenvalue weighted by atomic mass is 19.4. The summed E-state index contributed by atoms with van der Waals surface area (Å²) in [6, 6.07) is 8.35. The number of amides is 1. The number of carbonyl (C=O) groups excluding carboxylic acids is 1. The molecule has 10 heteroatoms. The number of halogens is 3. The van der Waals surface area contributed by atoms with Crippen LogP contribution in [0.2, 0.25) is 0 Å². The number of alkyl halides is 3. The molecule has 0 radical (unpaired) electrons. The van der Waals surface area contributed by atoms with Crippen LogP contribution in [0, 0.1) is 0 Å². The van der Waals surface area contributed by atoms with Gasteiger partial charge >= 0.3 is 6.18 Å². The second-order valence-electron chi connectivity index (χ2n) is 7.75. The van der Waals surface area contributed by atoms with Crippen molar-refractivity contribution in [1.82, 2.24) is 19.7 Å². The van der Waals surface area contributed by atoms with Crippen molar-refractivity contribution in [2.24, 2.45) is 0 Å². The van der Waals surface area contributed by atoms with Crippen molar-refractivity contribution in [1.29, 1.82) is 0 Å². The molecule has 1 fully saturated rings. The molecular formula is C22H24F3N5O2. The molecule has 32 heavy (non-hydrogen) atoms. The zero-order chi connectivity index (χ0) is 22.7. The molecule has 0 aliphatic heterocycles. The van der Waals surface area contributed by atoms with E-state index >= 15 is 0 Å². The standard InChI is InChI=1S/C22H24F3N5O2/c1-2-32-20-12-14(10-11-26-20)21(31)28-16-8-6-15(7-9-16)27-18-4-3-5-19-29-17(13-30(18)19)22(23,24)25/h3-5,10-13,15-16,27H,2,6-9H2,1H3,(H,28,31)/t15-,16+. The number of imidazole rings is 1. The van der Waals surface area contributed by atoms with E-state index in [9.17, 15) is 18.0 Å². The third-order valence-electron chi connectivity index (χ3n) is 5.49. The summed E-state index contributed by atoms with van der Waals surface area (Å²) in [7, 11) is 0. The van der Waals surface area contributed by atoms with Crippen LogP contribution in [0.15, 0.2) is 42.7 Å². The van der Waals surface area contributed by atoms with Crippen molar-refractivity contribution in [2.75, 3.05) is 11.9 Å². The number of ether oxygens (including phenoxy) is 1. The fraction of sp³-hybridized carbons (Fsp3) is 0.409. The number of hydrogen-bond acceptors (Lipinski definition) is 5. The van der Waals surface area contributed by atoms with Crippen molar-refractivity contribution in [3.8, 4) is 5.88 Å². The van der Waals surface area contributed by atoms with Gasteiger partial charge in [-0.25, -0.2) is 9.97 Å². The van der Waals surface area contributed by atoms with Crippen LogP contribution < -0.4 is 15.4 Å². The molecule has 0 spiro atoms. The Morgan fingerprint density at radius 1 is 1.19 bits per heavy atom.